The summed E-state index contributed by atoms with van der Waals surface area (Å²) in [6.07, 6.45) is -1.01. The number of urea groups is 1. The molecular weight excluding hydrogens is 536 g/mol. The highest BCUT2D eigenvalue weighted by Crippen LogP contribution is 2.42. The molecule has 0 aliphatic carbocycles. The second kappa shape index (κ2) is 14.2. The Morgan fingerprint density at radius 3 is 2.40 bits per heavy atom. The van der Waals surface area contributed by atoms with Crippen LogP contribution in [-0.4, -0.2) is 62.3 Å². The molecule has 2 aromatic carbocycles. The number of nitrogens with one attached hydrogen (secondary N) is 2. The van der Waals surface area contributed by atoms with Crippen molar-refractivity contribution in [1.29, 1.82) is 0 Å². The van der Waals surface area contributed by atoms with Crippen LogP contribution in [0.2, 0.25) is 0 Å². The van der Waals surface area contributed by atoms with E-state index in [-0.39, 0.29) is 44.4 Å². The first kappa shape index (κ1) is 29.5. The molecule has 4 rings (SSSR count). The summed E-state index contributed by atoms with van der Waals surface area (Å²) in [6.45, 7) is 4.14. The lowest BCUT2D eigenvalue weighted by atomic mass is 9.91. The van der Waals surface area contributed by atoms with Crippen LogP contribution in [0, 0.1) is 5.92 Å². The molecule has 1 aromatic heterocycles. The molecule has 0 bridgehead atoms. The zero-order valence-electron chi connectivity index (χ0n) is 22.6. The van der Waals surface area contributed by atoms with E-state index in [1.807, 2.05) is 48.5 Å². The molecule has 3 aromatic rings. The van der Waals surface area contributed by atoms with Crippen LogP contribution in [0.5, 0.6) is 0 Å². The van der Waals surface area contributed by atoms with Crippen LogP contribution in [0.15, 0.2) is 53.7 Å². The Balaban J connectivity index is 1.43. The highest BCUT2D eigenvalue weighted by molar-refractivity contribution is 7.99. The Morgan fingerprint density at radius 2 is 1.75 bits per heavy atom. The van der Waals surface area contributed by atoms with Crippen molar-refractivity contribution in [1.82, 2.24) is 30.8 Å². The van der Waals surface area contributed by atoms with Gasteiger partial charge in [0.05, 0.1) is 25.4 Å². The molecule has 0 radical (unpaired) electrons. The van der Waals surface area contributed by atoms with Crippen molar-refractivity contribution in [3.63, 3.8) is 0 Å². The number of benzene rings is 2. The predicted molar refractivity (Wildman–Crippen MR) is 146 cm³/mol. The van der Waals surface area contributed by atoms with Crippen LogP contribution < -0.4 is 10.6 Å². The maximum Gasteiger partial charge on any atom is 0.325 e. The minimum absolute atomic E-state index is 0.0215. The van der Waals surface area contributed by atoms with E-state index >= 15 is 0 Å². The van der Waals surface area contributed by atoms with Gasteiger partial charge in [0.2, 0.25) is 5.16 Å². The summed E-state index contributed by atoms with van der Waals surface area (Å²) in [7, 11) is 1.80. The Bertz CT molecular complexity index is 1260. The van der Waals surface area contributed by atoms with Crippen molar-refractivity contribution >= 4 is 23.8 Å². The molecule has 214 valence electrons. The molecule has 0 spiro atoms. The molecule has 4 atom stereocenters. The van der Waals surface area contributed by atoms with E-state index in [1.54, 1.807) is 18.7 Å². The number of amides is 2. The van der Waals surface area contributed by atoms with Gasteiger partial charge in [-0.2, -0.15) is 0 Å². The SMILES string of the molecule is CCOC(=O)CNC(=O)NCc1ccc(C2OC(CSc3nnnn3C)C(C)C(c3ccc(CO)cc3)O2)cc1. The van der Waals surface area contributed by atoms with Crippen LogP contribution in [0.1, 0.15) is 48.5 Å². The fourth-order valence-corrected chi connectivity index (χ4v) is 5.23. The van der Waals surface area contributed by atoms with Crippen molar-refractivity contribution in [2.75, 3.05) is 18.9 Å². The van der Waals surface area contributed by atoms with Gasteiger partial charge in [-0.3, -0.25) is 4.79 Å². The number of aliphatic hydroxyl groups is 1. The van der Waals surface area contributed by atoms with Gasteiger partial charge in [0.25, 0.3) is 0 Å². The summed E-state index contributed by atoms with van der Waals surface area (Å²) in [6, 6.07) is 14.9. The third kappa shape index (κ3) is 7.78. The molecule has 1 aliphatic rings. The summed E-state index contributed by atoms with van der Waals surface area (Å²) in [4.78, 5) is 23.4. The maximum atomic E-state index is 12.0. The summed E-state index contributed by atoms with van der Waals surface area (Å²) in [5.74, 6) is 0.168. The number of nitrogens with zero attached hydrogens (tertiary/aromatic N) is 4. The quantitative estimate of drug-likeness (QED) is 0.232. The van der Waals surface area contributed by atoms with Gasteiger partial charge in [-0.1, -0.05) is 67.2 Å². The number of thioether (sulfide) groups is 1. The molecule has 1 saturated heterocycles. The number of carbonyl (C=O) groups excluding carboxylic acids is 2. The van der Waals surface area contributed by atoms with Crippen LogP contribution in [0.3, 0.4) is 0 Å². The zero-order valence-corrected chi connectivity index (χ0v) is 23.5. The summed E-state index contributed by atoms with van der Waals surface area (Å²) < 4.78 is 19.4. The maximum absolute atomic E-state index is 12.0. The average Bonchev–Trinajstić information content (AvgIpc) is 3.39. The summed E-state index contributed by atoms with van der Waals surface area (Å²) in [5, 5.41) is 27.0. The van der Waals surface area contributed by atoms with Gasteiger partial charge in [0, 0.05) is 30.8 Å². The molecule has 13 heteroatoms. The molecule has 0 saturated carbocycles. The van der Waals surface area contributed by atoms with Gasteiger partial charge in [0.15, 0.2) is 6.29 Å². The molecule has 1 aliphatic heterocycles. The second-order valence-electron chi connectivity index (χ2n) is 9.30. The van der Waals surface area contributed by atoms with Crippen molar-refractivity contribution in [3.05, 3.63) is 70.8 Å². The number of tetrazole rings is 1. The topological polar surface area (TPSA) is 150 Å². The van der Waals surface area contributed by atoms with Crippen LogP contribution in [0.4, 0.5) is 4.79 Å². The minimum atomic E-state index is -0.614. The molecule has 1 fully saturated rings. The van der Waals surface area contributed by atoms with Gasteiger partial charge in [-0.15, -0.1) is 5.10 Å². The number of esters is 1. The number of aryl methyl sites for hydroxylation is 1. The predicted octanol–water partition coefficient (Wildman–Crippen LogP) is 2.65. The minimum Gasteiger partial charge on any atom is -0.465 e. The number of hydrogen-bond acceptors (Lipinski definition) is 10. The summed E-state index contributed by atoms with van der Waals surface area (Å²) >= 11 is 1.52. The third-order valence-corrected chi connectivity index (χ3v) is 7.58. The summed E-state index contributed by atoms with van der Waals surface area (Å²) in [5.41, 5.74) is 3.55. The molecule has 3 N–H and O–H groups in total. The van der Waals surface area contributed by atoms with Crippen LogP contribution in [-0.2, 0) is 39.2 Å². The third-order valence-electron chi connectivity index (χ3n) is 6.48. The lowest BCUT2D eigenvalue weighted by Gasteiger charge is -2.41. The monoisotopic (exact) mass is 570 g/mol. The van der Waals surface area contributed by atoms with E-state index in [1.165, 1.54) is 11.8 Å². The van der Waals surface area contributed by atoms with Crippen molar-refractivity contribution in [2.45, 2.75) is 50.7 Å². The van der Waals surface area contributed by atoms with E-state index < -0.39 is 18.3 Å². The number of hydrogen-bond donors (Lipinski definition) is 3. The number of carbonyl (C=O) groups is 2. The highest BCUT2D eigenvalue weighted by Gasteiger charge is 2.38. The Hall–Kier alpha value is -3.52. The second-order valence-corrected chi connectivity index (χ2v) is 10.3. The molecular formula is C27H34N6O6S. The van der Waals surface area contributed by atoms with Gasteiger partial charge < -0.3 is 30.0 Å². The average molecular weight is 571 g/mol. The van der Waals surface area contributed by atoms with E-state index in [0.717, 1.165) is 22.3 Å². The van der Waals surface area contributed by atoms with E-state index in [0.29, 0.717) is 10.9 Å². The fourth-order valence-electron chi connectivity index (χ4n) is 4.21. The zero-order chi connectivity index (χ0) is 28.5. The standard InChI is InChI=1S/C27H34N6O6S/c1-4-37-23(35)14-29-26(36)28-13-18-5-11-21(12-6-18)25-38-22(16-40-27-30-31-32-33(27)3)17(2)24(39-25)20-9-7-19(15-34)8-10-20/h5-12,17,22,24-25,34H,4,13-16H2,1-3H3,(H2,28,29,36). The van der Waals surface area contributed by atoms with Crippen molar-refractivity contribution < 1.29 is 28.9 Å². The number of aliphatic hydroxyl groups excluding tert-OH is 1. The Kier molecular flexibility index (Phi) is 10.5. The smallest absolute Gasteiger partial charge is 0.325 e. The van der Waals surface area contributed by atoms with Crippen molar-refractivity contribution in [2.24, 2.45) is 13.0 Å². The Morgan fingerprint density at radius 1 is 1.05 bits per heavy atom. The van der Waals surface area contributed by atoms with E-state index in [9.17, 15) is 14.7 Å². The first-order valence-corrected chi connectivity index (χ1v) is 14.0. The van der Waals surface area contributed by atoms with Gasteiger partial charge in [-0.25, -0.2) is 9.48 Å². The Labute approximate surface area is 236 Å². The number of rotatable bonds is 11. The van der Waals surface area contributed by atoms with Crippen LogP contribution in [0.25, 0.3) is 0 Å². The van der Waals surface area contributed by atoms with E-state index in [2.05, 4.69) is 33.1 Å². The van der Waals surface area contributed by atoms with Gasteiger partial charge in [-0.05, 0) is 34.0 Å². The molecule has 2 amide bonds. The van der Waals surface area contributed by atoms with Gasteiger partial charge >= 0.3 is 12.0 Å². The highest BCUT2D eigenvalue weighted by atomic mass is 32.2. The molecule has 4 unspecified atom stereocenters. The van der Waals surface area contributed by atoms with E-state index in [4.69, 9.17) is 14.2 Å². The number of aromatic nitrogens is 4. The van der Waals surface area contributed by atoms with Gasteiger partial charge in [0.1, 0.15) is 6.54 Å². The molecule has 12 nitrogen and oxygen atoms in total. The van der Waals surface area contributed by atoms with Crippen molar-refractivity contribution in [3.8, 4) is 0 Å². The lowest BCUT2D eigenvalue weighted by molar-refractivity contribution is -0.268. The van der Waals surface area contributed by atoms with Crippen LogP contribution >= 0.6 is 11.8 Å². The normalized spacial score (nSPS) is 20.6. The number of ether oxygens (including phenoxy) is 3. The molecule has 2 heterocycles. The first-order valence-electron chi connectivity index (χ1n) is 13.0. The fraction of sp³-hybridized carbons (Fsp3) is 0.444. The lowest BCUT2D eigenvalue weighted by Crippen LogP contribution is -2.39. The molecule has 40 heavy (non-hydrogen) atoms. The largest absolute Gasteiger partial charge is 0.465 e. The first-order chi connectivity index (χ1) is 19.4.